The fourth-order valence-corrected chi connectivity index (χ4v) is 18.4. The van der Waals surface area contributed by atoms with Gasteiger partial charge < -0.3 is 14.7 Å². The molecule has 8 aliphatic rings. The lowest BCUT2D eigenvalue weighted by molar-refractivity contribution is 0.245. The van der Waals surface area contributed by atoms with Crippen molar-refractivity contribution in [3.05, 3.63) is 182 Å². The molecule has 82 heavy (non-hydrogen) atoms. The lowest BCUT2D eigenvalue weighted by Gasteiger charge is -2.52. The Balaban J connectivity index is 1.10. The predicted octanol–water partition coefficient (Wildman–Crippen LogP) is 18.3. The minimum absolute atomic E-state index is 0.0106. The molecule has 3 nitrogen and oxygen atoms in total. The van der Waals surface area contributed by atoms with Crippen LogP contribution in [0.1, 0.15) is 217 Å². The number of nitrogens with zero attached hydrogens (tertiary/aromatic N) is 3. The van der Waals surface area contributed by atoms with Gasteiger partial charge >= 0.3 is 0 Å². The van der Waals surface area contributed by atoms with Gasteiger partial charge in [0.05, 0.1) is 5.54 Å². The third kappa shape index (κ3) is 7.26. The zero-order valence-corrected chi connectivity index (χ0v) is 53.0. The molecule has 2 atom stereocenters. The minimum atomic E-state index is -0.391. The molecule has 0 fully saturated rings. The van der Waals surface area contributed by atoms with Crippen molar-refractivity contribution in [1.29, 1.82) is 0 Å². The molecule has 0 aromatic heterocycles. The van der Waals surface area contributed by atoms with Gasteiger partial charge in [-0.15, -0.1) is 0 Å². The maximum atomic E-state index is 2.87. The first kappa shape index (κ1) is 52.8. The molecule has 5 aliphatic carbocycles. The number of fused-ring (bicyclic) bond motifs is 13. The highest BCUT2D eigenvalue weighted by Crippen LogP contribution is 2.65. The summed E-state index contributed by atoms with van der Waals surface area (Å²) in [6, 6.07) is 48.8. The summed E-state index contributed by atoms with van der Waals surface area (Å²) < 4.78 is 0. The quantitative estimate of drug-likeness (QED) is 0.163. The highest BCUT2D eigenvalue weighted by Gasteiger charge is 2.61. The van der Waals surface area contributed by atoms with Crippen molar-refractivity contribution >= 4 is 68.6 Å². The van der Waals surface area contributed by atoms with Crippen molar-refractivity contribution in [3.8, 4) is 0 Å². The summed E-state index contributed by atoms with van der Waals surface area (Å²) in [5.41, 5.74) is 32.9. The van der Waals surface area contributed by atoms with E-state index < -0.39 is 5.54 Å². The van der Waals surface area contributed by atoms with Crippen molar-refractivity contribution in [2.45, 2.75) is 220 Å². The van der Waals surface area contributed by atoms with Gasteiger partial charge in [-0.3, -0.25) is 0 Å². The van der Waals surface area contributed by atoms with E-state index in [4.69, 9.17) is 0 Å². The Kier molecular flexibility index (Phi) is 10.6. The molecule has 15 rings (SSSR count). The Hall–Kier alpha value is -6.00. The van der Waals surface area contributed by atoms with Crippen molar-refractivity contribution < 1.29 is 0 Å². The van der Waals surface area contributed by atoms with Gasteiger partial charge in [-0.25, -0.2) is 0 Å². The monoisotopic (exact) mass is 1080 g/mol. The van der Waals surface area contributed by atoms with Crippen LogP contribution < -0.4 is 31.1 Å². The molecule has 4 heteroatoms. The normalized spacial score (nSPS) is 24.5. The molecule has 7 aromatic rings. The van der Waals surface area contributed by atoms with E-state index in [1.807, 2.05) is 0 Å². The second-order valence-corrected chi connectivity index (χ2v) is 33.3. The molecule has 3 aliphatic heterocycles. The van der Waals surface area contributed by atoms with Gasteiger partial charge in [-0.2, -0.15) is 0 Å². The van der Waals surface area contributed by atoms with E-state index in [1.54, 1.807) is 0 Å². The number of aryl methyl sites for hydroxylation is 1. The van der Waals surface area contributed by atoms with Crippen LogP contribution in [0.4, 0.5) is 45.5 Å². The first-order valence-corrected chi connectivity index (χ1v) is 31.8. The summed E-state index contributed by atoms with van der Waals surface area (Å²) in [4.78, 5) is 8.47. The minimum Gasteiger partial charge on any atom is -0.330 e. The average molecular weight is 1080 g/mol. The van der Waals surface area contributed by atoms with Crippen molar-refractivity contribution in [2.75, 3.05) is 14.7 Å². The maximum Gasteiger partial charge on any atom is 0.252 e. The van der Waals surface area contributed by atoms with Crippen molar-refractivity contribution in [1.82, 2.24) is 0 Å². The van der Waals surface area contributed by atoms with Crippen LogP contribution in [-0.2, 0) is 70.1 Å². The van der Waals surface area contributed by atoms with Crippen LogP contribution in [0.25, 0.3) is 0 Å². The number of anilines is 8. The summed E-state index contributed by atoms with van der Waals surface area (Å²) in [5.74, 6) is 0. The van der Waals surface area contributed by atoms with Crippen LogP contribution in [0.5, 0.6) is 0 Å². The third-order valence-corrected chi connectivity index (χ3v) is 23.5. The van der Waals surface area contributed by atoms with Crippen LogP contribution in [0, 0.1) is 10.8 Å². The van der Waals surface area contributed by atoms with Crippen LogP contribution >= 0.6 is 0 Å². The summed E-state index contributed by atoms with van der Waals surface area (Å²) >= 11 is 0. The molecule has 420 valence electrons. The van der Waals surface area contributed by atoms with Gasteiger partial charge in [-0.05, 0) is 247 Å². The zero-order valence-electron chi connectivity index (χ0n) is 53.0. The Bertz CT molecular complexity index is 3950. The summed E-state index contributed by atoms with van der Waals surface area (Å²) in [5, 5.41) is 0. The topological polar surface area (TPSA) is 9.72 Å². The van der Waals surface area contributed by atoms with Crippen LogP contribution in [0.2, 0.25) is 0 Å². The predicted molar refractivity (Wildman–Crippen MR) is 350 cm³/mol. The molecule has 0 amide bonds. The van der Waals surface area contributed by atoms with Crippen LogP contribution in [0.3, 0.4) is 0 Å². The first-order chi connectivity index (χ1) is 38.4. The Labute approximate surface area is 493 Å². The fourth-order valence-electron chi connectivity index (χ4n) is 18.4. The van der Waals surface area contributed by atoms with Crippen molar-refractivity contribution in [2.24, 2.45) is 10.8 Å². The van der Waals surface area contributed by atoms with Crippen molar-refractivity contribution in [3.63, 3.8) is 0 Å². The average Bonchev–Trinajstić information content (AvgIpc) is 1.98. The molecule has 0 N–H and O–H groups in total. The summed E-state index contributed by atoms with van der Waals surface area (Å²) in [7, 11) is 0. The second kappa shape index (κ2) is 16.5. The molecule has 0 saturated carbocycles. The van der Waals surface area contributed by atoms with E-state index in [1.165, 1.54) is 154 Å². The third-order valence-electron chi connectivity index (χ3n) is 23.5. The van der Waals surface area contributed by atoms with Gasteiger partial charge in [0, 0.05) is 50.9 Å². The number of hydrogen-bond donors (Lipinski definition) is 0. The molecule has 0 radical (unpaired) electrons. The smallest absolute Gasteiger partial charge is 0.252 e. The zero-order chi connectivity index (χ0) is 57.6. The molecular formula is C78H90BN3. The van der Waals surface area contributed by atoms with E-state index in [0.29, 0.717) is 0 Å². The largest absolute Gasteiger partial charge is 0.330 e. The molecule has 0 saturated heterocycles. The SMILES string of the molecule is CC1(C)Cc2ccc(N3c4cc5c(cc4B4c6cc7c(cc6N(c6ccc8c(c6)C(C)(C)CCC8(C)C)c6cc(N8c9ccc(C(C)(C)C)cc9C9(C)CCc%10ccccc%10C89C)cc3c64)C(C)(C)CCC7(C)C)CC(C)(C)C5)cc2C1. The Morgan fingerprint density at radius 2 is 0.902 bits per heavy atom. The highest BCUT2D eigenvalue weighted by molar-refractivity contribution is 7.00. The number of hydrogen-bond acceptors (Lipinski definition) is 3. The standard InChI is InChI=1S/C78H90BN3/c1-70(2,3)52-23-27-64-61(37-52)77(16)29-28-47-20-18-19-21-56(47)78(77,17)82(64)55-39-67-69-68(40-55)81(54-25-26-57-58(38-54)74(10,11)31-30-73(57,8)9)66-42-60-59(75(12,13)32-33-76(60,14)15)41-63(66)79(69)62-35-50-45-72(6,7)46-51(50)36-65(62)80(67)53-24-22-48-43-71(4,5)44-49(48)34-53/h18-27,34-42H,28-33,43-46H2,1-17H3. The van der Waals surface area contributed by atoms with Crippen LogP contribution in [0.15, 0.2) is 115 Å². The first-order valence-electron chi connectivity index (χ1n) is 31.8. The molecule has 2 unspecified atom stereocenters. The second-order valence-electron chi connectivity index (χ2n) is 33.3. The van der Waals surface area contributed by atoms with E-state index in [2.05, 4.69) is 248 Å². The van der Waals surface area contributed by atoms with Crippen LogP contribution in [-0.4, -0.2) is 6.71 Å². The lowest BCUT2D eigenvalue weighted by Crippen LogP contribution is -2.62. The number of benzene rings is 7. The van der Waals surface area contributed by atoms with E-state index in [-0.39, 0.29) is 50.0 Å². The number of rotatable bonds is 3. The van der Waals surface area contributed by atoms with Gasteiger partial charge in [-0.1, -0.05) is 171 Å². The van der Waals surface area contributed by atoms with Gasteiger partial charge in [0.25, 0.3) is 6.71 Å². The van der Waals surface area contributed by atoms with Gasteiger partial charge in [0.2, 0.25) is 0 Å². The van der Waals surface area contributed by atoms with Gasteiger partial charge in [0.1, 0.15) is 0 Å². The lowest BCUT2D eigenvalue weighted by atomic mass is 9.33. The molecule has 0 spiro atoms. The Morgan fingerprint density at radius 1 is 0.378 bits per heavy atom. The fraction of sp³-hybridized carbons (Fsp3) is 0.462. The van der Waals surface area contributed by atoms with E-state index >= 15 is 0 Å². The van der Waals surface area contributed by atoms with E-state index in [9.17, 15) is 0 Å². The molecule has 0 bridgehead atoms. The van der Waals surface area contributed by atoms with Gasteiger partial charge in [0.15, 0.2) is 0 Å². The molecule has 3 heterocycles. The van der Waals surface area contributed by atoms with E-state index in [0.717, 1.165) is 38.5 Å². The summed E-state index contributed by atoms with van der Waals surface area (Å²) in [6.07, 6.45) is 11.3. The molecular weight excluding hydrogens is 990 g/mol. The Morgan fingerprint density at radius 3 is 1.55 bits per heavy atom. The maximum absolute atomic E-state index is 2.87. The molecule has 7 aromatic carbocycles. The summed E-state index contributed by atoms with van der Waals surface area (Å²) in [6.45, 7) is 42.4. The highest BCUT2D eigenvalue weighted by atomic mass is 15.3.